The predicted octanol–water partition coefficient (Wildman–Crippen LogP) is 3.74. The summed E-state index contributed by atoms with van der Waals surface area (Å²) in [5.74, 6) is 0.730. The number of nitrogens with one attached hydrogen (secondary N) is 1. The average Bonchev–Trinajstić information content (AvgIpc) is 2.83. The van der Waals surface area contributed by atoms with Gasteiger partial charge in [0.1, 0.15) is 5.82 Å². The van der Waals surface area contributed by atoms with Gasteiger partial charge >= 0.3 is 0 Å². The molecule has 1 N–H and O–H groups in total. The van der Waals surface area contributed by atoms with Crippen LogP contribution in [0.3, 0.4) is 0 Å². The Morgan fingerprint density at radius 3 is 2.50 bits per heavy atom. The molecule has 0 radical (unpaired) electrons. The van der Waals surface area contributed by atoms with Crippen molar-refractivity contribution in [2.75, 3.05) is 50.8 Å². The van der Waals surface area contributed by atoms with Gasteiger partial charge in [0.25, 0.3) is 11.8 Å². The Hall–Kier alpha value is -2.45. The predicted molar refractivity (Wildman–Crippen MR) is 129 cm³/mol. The van der Waals surface area contributed by atoms with Gasteiger partial charge in [0.15, 0.2) is 0 Å². The molecule has 2 aromatic rings. The Labute approximate surface area is 198 Å². The van der Waals surface area contributed by atoms with Gasteiger partial charge in [-0.25, -0.2) is 4.98 Å². The number of hydrogen-bond acceptors (Lipinski definition) is 5. The number of hydrogen-bond donors (Lipinski definition) is 1. The molecule has 0 spiro atoms. The van der Waals surface area contributed by atoms with Gasteiger partial charge in [0, 0.05) is 56.6 Å². The first kappa shape index (κ1) is 24.2. The van der Waals surface area contributed by atoms with Crippen molar-refractivity contribution in [3.63, 3.8) is 0 Å². The van der Waals surface area contributed by atoms with E-state index < -0.39 is 0 Å². The van der Waals surface area contributed by atoms with Crippen LogP contribution in [0.25, 0.3) is 0 Å². The molecule has 1 aliphatic rings. The van der Waals surface area contributed by atoms with Crippen molar-refractivity contribution < 1.29 is 14.3 Å². The van der Waals surface area contributed by atoms with E-state index >= 15 is 0 Å². The van der Waals surface area contributed by atoms with Crippen molar-refractivity contribution in [3.05, 3.63) is 58.2 Å². The van der Waals surface area contributed by atoms with E-state index in [1.807, 2.05) is 35.2 Å². The zero-order valence-electron chi connectivity index (χ0n) is 18.6. The van der Waals surface area contributed by atoms with Crippen LogP contribution in [0.1, 0.15) is 46.9 Å². The van der Waals surface area contributed by atoms with Crippen molar-refractivity contribution in [1.29, 1.82) is 0 Å². The van der Waals surface area contributed by atoms with Crippen LogP contribution in [0.15, 0.2) is 47.1 Å². The van der Waals surface area contributed by atoms with E-state index in [1.54, 1.807) is 12.3 Å². The highest BCUT2D eigenvalue weighted by atomic mass is 79.9. The molecule has 1 aliphatic heterocycles. The van der Waals surface area contributed by atoms with Gasteiger partial charge in [-0.05, 0) is 53.0 Å². The van der Waals surface area contributed by atoms with Gasteiger partial charge in [-0.2, -0.15) is 0 Å². The summed E-state index contributed by atoms with van der Waals surface area (Å²) in [6.45, 7) is 6.82. The van der Waals surface area contributed by atoms with Gasteiger partial charge in [0.2, 0.25) is 0 Å². The lowest BCUT2D eigenvalue weighted by Crippen LogP contribution is -2.49. The molecule has 0 unspecified atom stereocenters. The number of ether oxygens (including phenoxy) is 1. The molecule has 2 amide bonds. The number of pyridine rings is 1. The largest absolute Gasteiger partial charge is 0.381 e. The van der Waals surface area contributed by atoms with E-state index in [0.29, 0.717) is 50.5 Å². The van der Waals surface area contributed by atoms with Crippen molar-refractivity contribution in [2.24, 2.45) is 0 Å². The minimum Gasteiger partial charge on any atom is -0.381 e. The monoisotopic (exact) mass is 502 g/mol. The van der Waals surface area contributed by atoms with Crippen LogP contribution in [0.2, 0.25) is 0 Å². The molecule has 2 heterocycles. The van der Waals surface area contributed by atoms with Gasteiger partial charge in [0.05, 0.1) is 11.1 Å². The highest BCUT2D eigenvalue weighted by Gasteiger charge is 2.24. The van der Waals surface area contributed by atoms with E-state index in [1.165, 1.54) is 0 Å². The molecular formula is C24H31BrN4O3. The lowest BCUT2D eigenvalue weighted by atomic mass is 10.2. The van der Waals surface area contributed by atoms with Crippen LogP contribution in [-0.2, 0) is 4.74 Å². The number of rotatable bonds is 10. The zero-order chi connectivity index (χ0) is 22.8. The van der Waals surface area contributed by atoms with E-state index in [9.17, 15) is 9.59 Å². The SMILES string of the molecule is CCCCOCCCNC(=O)c1ccc(N2CCN(C(=O)c3ccccc3Br)CC2)nc1. The Bertz CT molecular complexity index is 883. The fourth-order valence-electron chi connectivity index (χ4n) is 3.48. The molecule has 3 rings (SSSR count). The van der Waals surface area contributed by atoms with E-state index in [0.717, 1.165) is 36.2 Å². The van der Waals surface area contributed by atoms with Gasteiger partial charge in [-0.3, -0.25) is 9.59 Å². The molecule has 0 aliphatic carbocycles. The summed E-state index contributed by atoms with van der Waals surface area (Å²) in [4.78, 5) is 33.5. The Morgan fingerprint density at radius 1 is 1.06 bits per heavy atom. The quantitative estimate of drug-likeness (QED) is 0.500. The minimum absolute atomic E-state index is 0.0351. The lowest BCUT2D eigenvalue weighted by Gasteiger charge is -2.35. The smallest absolute Gasteiger partial charge is 0.255 e. The molecule has 1 saturated heterocycles. The Kier molecular flexibility index (Phi) is 9.49. The topological polar surface area (TPSA) is 74.8 Å². The maximum atomic E-state index is 12.8. The summed E-state index contributed by atoms with van der Waals surface area (Å²) in [7, 11) is 0. The molecule has 32 heavy (non-hydrogen) atoms. The van der Waals surface area contributed by atoms with Crippen molar-refractivity contribution in [1.82, 2.24) is 15.2 Å². The fraction of sp³-hybridized carbons (Fsp3) is 0.458. The van der Waals surface area contributed by atoms with Crippen molar-refractivity contribution >= 4 is 33.6 Å². The van der Waals surface area contributed by atoms with Gasteiger partial charge in [-0.1, -0.05) is 25.5 Å². The second-order valence-corrected chi connectivity index (χ2v) is 8.59. The average molecular weight is 503 g/mol. The minimum atomic E-state index is -0.124. The highest BCUT2D eigenvalue weighted by Crippen LogP contribution is 2.20. The number of halogens is 1. The molecular weight excluding hydrogens is 472 g/mol. The number of benzene rings is 1. The molecule has 8 heteroatoms. The maximum Gasteiger partial charge on any atom is 0.255 e. The van der Waals surface area contributed by atoms with Crippen LogP contribution in [0.4, 0.5) is 5.82 Å². The number of carbonyl (C=O) groups is 2. The summed E-state index contributed by atoms with van der Waals surface area (Å²) in [5, 5.41) is 2.91. The third-order valence-electron chi connectivity index (χ3n) is 5.40. The first-order valence-electron chi connectivity index (χ1n) is 11.2. The van der Waals surface area contributed by atoms with E-state index in [4.69, 9.17) is 4.74 Å². The first-order chi connectivity index (χ1) is 15.6. The van der Waals surface area contributed by atoms with Crippen molar-refractivity contribution in [3.8, 4) is 0 Å². The molecule has 0 atom stereocenters. The zero-order valence-corrected chi connectivity index (χ0v) is 20.1. The first-order valence-corrected chi connectivity index (χ1v) is 12.0. The Morgan fingerprint density at radius 2 is 1.81 bits per heavy atom. The number of piperazine rings is 1. The summed E-state index contributed by atoms with van der Waals surface area (Å²) < 4.78 is 6.31. The fourth-order valence-corrected chi connectivity index (χ4v) is 3.93. The number of carbonyl (C=O) groups excluding carboxylic acids is 2. The number of anilines is 1. The number of unbranched alkanes of at least 4 members (excludes halogenated alkanes) is 1. The second-order valence-electron chi connectivity index (χ2n) is 7.74. The highest BCUT2D eigenvalue weighted by molar-refractivity contribution is 9.10. The molecule has 1 aromatic heterocycles. The van der Waals surface area contributed by atoms with Crippen molar-refractivity contribution in [2.45, 2.75) is 26.2 Å². The molecule has 1 fully saturated rings. The summed E-state index contributed by atoms with van der Waals surface area (Å²) in [6.07, 6.45) is 4.60. The molecule has 7 nitrogen and oxygen atoms in total. The Balaban J connectivity index is 1.43. The van der Waals surface area contributed by atoms with E-state index in [2.05, 4.69) is 38.1 Å². The standard InChI is InChI=1S/C24H31BrN4O3/c1-2-3-16-32-17-6-11-26-23(30)19-9-10-22(27-18-19)28-12-14-29(15-13-28)24(31)20-7-4-5-8-21(20)25/h4-5,7-10,18H,2-3,6,11-17H2,1H3,(H,26,30). The molecule has 1 aromatic carbocycles. The molecule has 172 valence electrons. The summed E-state index contributed by atoms with van der Waals surface area (Å²) in [5.41, 5.74) is 1.23. The number of aromatic nitrogens is 1. The number of amides is 2. The van der Waals surface area contributed by atoms with Crippen LogP contribution >= 0.6 is 15.9 Å². The number of nitrogens with zero attached hydrogens (tertiary/aromatic N) is 3. The van der Waals surface area contributed by atoms with Crippen LogP contribution in [0.5, 0.6) is 0 Å². The van der Waals surface area contributed by atoms with Crippen LogP contribution < -0.4 is 10.2 Å². The summed E-state index contributed by atoms with van der Waals surface area (Å²) in [6, 6.07) is 11.2. The van der Waals surface area contributed by atoms with Gasteiger partial charge < -0.3 is 19.9 Å². The summed E-state index contributed by atoms with van der Waals surface area (Å²) >= 11 is 3.46. The second kappa shape index (κ2) is 12.6. The molecule has 0 bridgehead atoms. The van der Waals surface area contributed by atoms with Crippen LogP contribution in [-0.4, -0.2) is 67.6 Å². The lowest BCUT2D eigenvalue weighted by molar-refractivity contribution is 0.0745. The molecule has 0 saturated carbocycles. The van der Waals surface area contributed by atoms with Crippen LogP contribution in [0, 0.1) is 0 Å². The third kappa shape index (κ3) is 6.77. The van der Waals surface area contributed by atoms with Gasteiger partial charge in [-0.15, -0.1) is 0 Å². The normalized spacial score (nSPS) is 13.8. The van der Waals surface area contributed by atoms with E-state index in [-0.39, 0.29) is 11.8 Å². The maximum absolute atomic E-state index is 12.8. The third-order valence-corrected chi connectivity index (χ3v) is 6.09.